The molecule has 0 saturated carbocycles. The molecule has 32 heavy (non-hydrogen) atoms. The number of hydrogen-bond donors (Lipinski definition) is 1. The molecule has 2 aromatic rings. The molecule has 3 rings (SSSR count). The number of ether oxygens (including phenoxy) is 2. The van der Waals surface area contributed by atoms with Crippen LogP contribution in [-0.2, 0) is 4.79 Å². The molecule has 1 amide bonds. The largest absolute Gasteiger partial charge is 0.493 e. The van der Waals surface area contributed by atoms with Crippen molar-refractivity contribution in [1.82, 2.24) is 4.90 Å². The molecule has 1 N–H and O–H groups in total. The van der Waals surface area contributed by atoms with Gasteiger partial charge in [0.05, 0.1) is 29.9 Å². The van der Waals surface area contributed by atoms with E-state index in [1.807, 2.05) is 18.2 Å². The lowest BCUT2D eigenvalue weighted by Gasteiger charge is -2.13. The van der Waals surface area contributed by atoms with E-state index in [1.54, 1.807) is 32.4 Å². The van der Waals surface area contributed by atoms with Gasteiger partial charge in [-0.1, -0.05) is 31.9 Å². The number of para-hydroxylation sites is 1. The summed E-state index contributed by atoms with van der Waals surface area (Å²) < 4.78 is 11.5. The number of carbonyl (C=O) groups excluding carboxylic acids is 1. The number of carboxylic acid groups (broad SMARTS) is 1. The number of aromatic carboxylic acids is 1. The Morgan fingerprint density at radius 1 is 1.19 bits per heavy atom. The van der Waals surface area contributed by atoms with Crippen molar-refractivity contribution in [2.75, 3.05) is 20.8 Å². The lowest BCUT2D eigenvalue weighted by molar-refractivity contribution is -0.121. The first-order valence-electron chi connectivity index (χ1n) is 10.3. The molecule has 2 aromatic carbocycles. The second-order valence-corrected chi connectivity index (χ2v) is 8.16. The van der Waals surface area contributed by atoms with Crippen molar-refractivity contribution in [3.05, 3.63) is 58.5 Å². The number of rotatable bonds is 9. The lowest BCUT2D eigenvalue weighted by atomic mass is 10.1. The van der Waals surface area contributed by atoms with Crippen LogP contribution >= 0.6 is 11.8 Å². The molecular weight excluding hydrogens is 428 g/mol. The van der Waals surface area contributed by atoms with Crippen LogP contribution in [0.25, 0.3) is 6.08 Å². The van der Waals surface area contributed by atoms with Crippen LogP contribution in [0.3, 0.4) is 0 Å². The molecule has 0 spiro atoms. The Hall–Kier alpha value is -3.26. The summed E-state index contributed by atoms with van der Waals surface area (Å²) in [5.74, 6) is 0.0648. The third-order valence-corrected chi connectivity index (χ3v) is 5.91. The normalized spacial score (nSPS) is 16.1. The molecule has 1 aliphatic rings. The molecule has 0 bridgehead atoms. The van der Waals surface area contributed by atoms with E-state index < -0.39 is 5.97 Å². The van der Waals surface area contributed by atoms with Crippen molar-refractivity contribution in [3.8, 4) is 11.5 Å². The Kier molecular flexibility index (Phi) is 7.94. The van der Waals surface area contributed by atoms with E-state index in [-0.39, 0.29) is 11.5 Å². The minimum absolute atomic E-state index is 0.171. The number of amides is 1. The molecule has 168 valence electrons. The van der Waals surface area contributed by atoms with Gasteiger partial charge in [-0.05, 0) is 54.6 Å². The number of methoxy groups -OCH3 is 1. The van der Waals surface area contributed by atoms with Crippen LogP contribution in [0.15, 0.2) is 52.4 Å². The summed E-state index contributed by atoms with van der Waals surface area (Å²) in [6.07, 6.45) is 4.92. The molecule has 0 atom stereocenters. The van der Waals surface area contributed by atoms with Crippen LogP contribution in [-0.4, -0.2) is 47.8 Å². The van der Waals surface area contributed by atoms with Crippen LogP contribution in [0.2, 0.25) is 0 Å². The van der Waals surface area contributed by atoms with Crippen LogP contribution < -0.4 is 9.47 Å². The van der Waals surface area contributed by atoms with Gasteiger partial charge in [0.1, 0.15) is 0 Å². The Labute approximate surface area is 191 Å². The van der Waals surface area contributed by atoms with E-state index in [1.165, 1.54) is 28.8 Å². The summed E-state index contributed by atoms with van der Waals surface area (Å²) in [5, 5.41) is 9.54. The molecule has 1 saturated heterocycles. The van der Waals surface area contributed by atoms with Crippen molar-refractivity contribution >= 4 is 40.6 Å². The van der Waals surface area contributed by atoms with Crippen molar-refractivity contribution in [2.24, 2.45) is 4.99 Å². The lowest BCUT2D eigenvalue weighted by Crippen LogP contribution is -2.23. The monoisotopic (exact) mass is 454 g/mol. The standard InChI is InChI=1S/C24H26N2O5S/c1-4-5-6-14-31-21-17(8-7-9-19(21)30-3)15-20-22(27)26(2)24(32-20)25-18-12-10-16(11-13-18)23(28)29/h7-13,15H,4-6,14H2,1-3H3,(H,28,29)/b20-15+,25-24?. The molecule has 1 fully saturated rings. The predicted octanol–water partition coefficient (Wildman–Crippen LogP) is 5.20. The number of aliphatic imine (C=N–C) groups is 1. The third-order valence-electron chi connectivity index (χ3n) is 4.85. The van der Waals surface area contributed by atoms with Crippen LogP contribution in [0, 0.1) is 0 Å². The fourth-order valence-electron chi connectivity index (χ4n) is 3.07. The first kappa shape index (κ1) is 23.4. The van der Waals surface area contributed by atoms with Gasteiger partial charge in [-0.3, -0.25) is 9.69 Å². The number of carboxylic acids is 1. The van der Waals surface area contributed by atoms with Gasteiger partial charge in [0.25, 0.3) is 5.91 Å². The van der Waals surface area contributed by atoms with E-state index in [2.05, 4.69) is 11.9 Å². The number of carbonyl (C=O) groups is 2. The van der Waals surface area contributed by atoms with Crippen molar-refractivity contribution in [2.45, 2.75) is 26.2 Å². The average molecular weight is 455 g/mol. The number of hydrogen-bond acceptors (Lipinski definition) is 6. The second-order valence-electron chi connectivity index (χ2n) is 7.16. The zero-order chi connectivity index (χ0) is 23.1. The first-order valence-corrected chi connectivity index (χ1v) is 11.2. The Bertz CT molecular complexity index is 1050. The number of unbranched alkanes of at least 4 members (excludes halogenated alkanes) is 2. The second kappa shape index (κ2) is 10.9. The predicted molar refractivity (Wildman–Crippen MR) is 127 cm³/mol. The van der Waals surface area contributed by atoms with E-state index in [9.17, 15) is 9.59 Å². The van der Waals surface area contributed by atoms with Crippen molar-refractivity contribution in [3.63, 3.8) is 0 Å². The SMILES string of the molecule is CCCCCOc1c(/C=C2/SC(=Nc3ccc(C(=O)O)cc3)N(C)C2=O)cccc1OC. The quantitative estimate of drug-likeness (QED) is 0.414. The Morgan fingerprint density at radius 3 is 2.59 bits per heavy atom. The van der Waals surface area contributed by atoms with Gasteiger partial charge in [-0.2, -0.15) is 0 Å². The van der Waals surface area contributed by atoms with Gasteiger partial charge in [-0.15, -0.1) is 0 Å². The fraction of sp³-hybridized carbons (Fsp3) is 0.292. The number of amidine groups is 1. The highest BCUT2D eigenvalue weighted by Gasteiger charge is 2.30. The summed E-state index contributed by atoms with van der Waals surface area (Å²) in [4.78, 5) is 30.3. The minimum Gasteiger partial charge on any atom is -0.493 e. The maximum Gasteiger partial charge on any atom is 0.335 e. The zero-order valence-corrected chi connectivity index (χ0v) is 19.1. The minimum atomic E-state index is -0.997. The maximum absolute atomic E-state index is 12.8. The van der Waals surface area contributed by atoms with Gasteiger partial charge in [-0.25, -0.2) is 9.79 Å². The summed E-state index contributed by atoms with van der Waals surface area (Å²) in [7, 11) is 3.25. The van der Waals surface area contributed by atoms with E-state index >= 15 is 0 Å². The van der Waals surface area contributed by atoms with Gasteiger partial charge in [0, 0.05) is 12.6 Å². The van der Waals surface area contributed by atoms with E-state index in [0.29, 0.717) is 33.9 Å². The first-order chi connectivity index (χ1) is 15.4. The fourth-order valence-corrected chi connectivity index (χ4v) is 4.05. The molecule has 8 heteroatoms. The van der Waals surface area contributed by atoms with Crippen LogP contribution in [0.1, 0.15) is 42.1 Å². The summed E-state index contributed by atoms with van der Waals surface area (Å²) in [5.41, 5.74) is 1.51. The molecule has 1 heterocycles. The summed E-state index contributed by atoms with van der Waals surface area (Å²) in [6, 6.07) is 11.8. The van der Waals surface area contributed by atoms with Gasteiger partial charge in [0.2, 0.25) is 0 Å². The van der Waals surface area contributed by atoms with E-state index in [0.717, 1.165) is 24.8 Å². The number of nitrogens with zero attached hydrogens (tertiary/aromatic N) is 2. The van der Waals surface area contributed by atoms with Gasteiger partial charge in [0.15, 0.2) is 16.7 Å². The Morgan fingerprint density at radius 2 is 1.94 bits per heavy atom. The molecular formula is C24H26N2O5S. The number of likely N-dealkylation sites (N-methyl/N-ethyl adjacent to an activating group) is 1. The van der Waals surface area contributed by atoms with Crippen molar-refractivity contribution in [1.29, 1.82) is 0 Å². The van der Waals surface area contributed by atoms with Crippen LogP contribution in [0.5, 0.6) is 11.5 Å². The summed E-state index contributed by atoms with van der Waals surface area (Å²) >= 11 is 1.26. The van der Waals surface area contributed by atoms with Crippen molar-refractivity contribution < 1.29 is 24.2 Å². The summed E-state index contributed by atoms with van der Waals surface area (Å²) in [6.45, 7) is 2.71. The average Bonchev–Trinajstić information content (AvgIpc) is 3.05. The molecule has 0 unspecified atom stereocenters. The Balaban J connectivity index is 1.86. The highest BCUT2D eigenvalue weighted by Crippen LogP contribution is 2.37. The zero-order valence-electron chi connectivity index (χ0n) is 18.3. The maximum atomic E-state index is 12.8. The molecule has 0 radical (unpaired) electrons. The van der Waals surface area contributed by atoms with E-state index in [4.69, 9.17) is 14.6 Å². The van der Waals surface area contributed by atoms with Gasteiger partial charge >= 0.3 is 5.97 Å². The number of thioether (sulfide) groups is 1. The molecule has 0 aromatic heterocycles. The number of benzene rings is 2. The van der Waals surface area contributed by atoms with Gasteiger partial charge < -0.3 is 14.6 Å². The molecule has 1 aliphatic heterocycles. The molecule has 0 aliphatic carbocycles. The highest BCUT2D eigenvalue weighted by molar-refractivity contribution is 8.18. The topological polar surface area (TPSA) is 88.4 Å². The van der Waals surface area contributed by atoms with Crippen LogP contribution in [0.4, 0.5) is 5.69 Å². The smallest absolute Gasteiger partial charge is 0.335 e. The third kappa shape index (κ3) is 5.50. The highest BCUT2D eigenvalue weighted by atomic mass is 32.2. The molecule has 7 nitrogen and oxygen atoms in total.